The minimum absolute atomic E-state index is 0.0473. The van der Waals surface area contributed by atoms with Gasteiger partial charge in [0.25, 0.3) is 0 Å². The van der Waals surface area contributed by atoms with Crippen LogP contribution < -0.4 is 11.1 Å². The molecule has 7 N–H and O–H groups in total. The van der Waals surface area contributed by atoms with Crippen LogP contribution in [0.4, 0.5) is 0 Å². The lowest BCUT2D eigenvalue weighted by atomic mass is 10.1. The minimum atomic E-state index is -1.93. The zero-order valence-corrected chi connectivity index (χ0v) is 18.2. The molecule has 0 aliphatic carbocycles. The van der Waals surface area contributed by atoms with Gasteiger partial charge in [-0.3, -0.25) is 9.59 Å². The molecule has 0 aliphatic heterocycles. The van der Waals surface area contributed by atoms with Gasteiger partial charge in [-0.15, -0.1) is 0 Å². The summed E-state index contributed by atoms with van der Waals surface area (Å²) >= 11 is -1.93. The maximum Gasteiger partial charge on any atom is 0.362 e. The number of aromatic nitrogens is 2. The van der Waals surface area contributed by atoms with E-state index < -0.39 is 58.9 Å². The third kappa shape index (κ3) is 8.53. The quantitative estimate of drug-likeness (QED) is 0.139. The molecule has 3 unspecified atom stereocenters. The number of aliphatic carboxylic acids is 3. The lowest BCUT2D eigenvalue weighted by Gasteiger charge is -2.30. The van der Waals surface area contributed by atoms with Gasteiger partial charge >= 0.3 is 23.1 Å². The Hall–Kier alpha value is -2.68. The largest absolute Gasteiger partial charge is 0.609 e. The Balaban J connectivity index is 2.76. The number of amides is 1. The Labute approximate surface area is 181 Å². The van der Waals surface area contributed by atoms with Gasteiger partial charge in [0.15, 0.2) is 12.1 Å². The van der Waals surface area contributed by atoms with E-state index in [1.54, 1.807) is 21.1 Å². The Kier molecular flexibility index (Phi) is 9.42. The SMILES string of the molecule is C[N+](C)(C)[C@@H](Cc1c[nH]c([S+]([O-])CC(NC(=O)CCC(N)C(=O)O)C(=O)O)n1)C(=O)O. The van der Waals surface area contributed by atoms with Crippen molar-refractivity contribution < 1.29 is 43.5 Å². The predicted octanol–water partition coefficient (Wildman–Crippen LogP) is -2.02. The van der Waals surface area contributed by atoms with Gasteiger partial charge in [-0.2, -0.15) is 4.98 Å². The van der Waals surface area contributed by atoms with Crippen molar-refractivity contribution >= 4 is 35.0 Å². The van der Waals surface area contributed by atoms with Crippen molar-refractivity contribution in [3.05, 3.63) is 11.9 Å². The monoisotopic (exact) mass is 462 g/mol. The van der Waals surface area contributed by atoms with Gasteiger partial charge in [-0.05, 0) is 6.42 Å². The fraction of sp³-hybridized carbons (Fsp3) is 0.588. The third-order valence-electron chi connectivity index (χ3n) is 4.40. The van der Waals surface area contributed by atoms with Crippen LogP contribution >= 0.6 is 0 Å². The van der Waals surface area contributed by atoms with Crippen LogP contribution in [0.1, 0.15) is 18.5 Å². The maximum absolute atomic E-state index is 12.5. The number of imidazole rings is 1. The maximum atomic E-state index is 12.5. The van der Waals surface area contributed by atoms with Crippen molar-refractivity contribution in [2.75, 3.05) is 26.9 Å². The number of carbonyl (C=O) groups excluding carboxylic acids is 1. The first-order valence-corrected chi connectivity index (χ1v) is 10.5. The number of nitrogens with one attached hydrogen (secondary N) is 2. The van der Waals surface area contributed by atoms with Crippen molar-refractivity contribution in [2.24, 2.45) is 5.73 Å². The first kappa shape index (κ1) is 26.4. The van der Waals surface area contributed by atoms with E-state index in [0.717, 1.165) is 0 Å². The van der Waals surface area contributed by atoms with Crippen molar-refractivity contribution in [1.82, 2.24) is 15.3 Å². The summed E-state index contributed by atoms with van der Waals surface area (Å²) in [5, 5.41) is 29.5. The van der Waals surface area contributed by atoms with E-state index in [1.165, 1.54) is 6.20 Å². The van der Waals surface area contributed by atoms with Crippen LogP contribution in [-0.2, 0) is 36.8 Å². The fourth-order valence-electron chi connectivity index (χ4n) is 2.53. The summed E-state index contributed by atoms with van der Waals surface area (Å²) in [7, 11) is 5.15. The molecule has 0 aliphatic rings. The van der Waals surface area contributed by atoms with Gasteiger partial charge in [0.1, 0.15) is 11.8 Å². The highest BCUT2D eigenvalue weighted by atomic mass is 32.2. The topological polar surface area (TPSA) is 219 Å². The van der Waals surface area contributed by atoms with E-state index in [0.29, 0.717) is 5.69 Å². The molecule has 1 heterocycles. The molecule has 1 amide bonds. The smallest absolute Gasteiger partial charge is 0.362 e. The van der Waals surface area contributed by atoms with Gasteiger partial charge in [-0.25, -0.2) is 9.59 Å². The number of nitrogens with zero attached hydrogens (tertiary/aromatic N) is 2. The number of hydrogen-bond acceptors (Lipinski definition) is 7. The average molecular weight is 463 g/mol. The average Bonchev–Trinajstić information content (AvgIpc) is 3.11. The highest BCUT2D eigenvalue weighted by Gasteiger charge is 2.34. The van der Waals surface area contributed by atoms with Crippen molar-refractivity contribution in [1.29, 1.82) is 0 Å². The number of carboxylic acids is 3. The molecule has 0 aromatic carbocycles. The summed E-state index contributed by atoms with van der Waals surface area (Å²) < 4.78 is 12.6. The van der Waals surface area contributed by atoms with Crippen molar-refractivity contribution in [2.45, 2.75) is 42.5 Å². The highest BCUT2D eigenvalue weighted by Crippen LogP contribution is 2.14. The Bertz CT molecular complexity index is 809. The number of H-pyrrole nitrogens is 1. The molecule has 0 radical (unpaired) electrons. The fourth-order valence-corrected chi connectivity index (χ4v) is 3.63. The second-order valence-electron chi connectivity index (χ2n) is 7.83. The number of rotatable bonds is 13. The Morgan fingerprint density at radius 2 is 1.81 bits per heavy atom. The summed E-state index contributed by atoms with van der Waals surface area (Å²) in [6, 6.07) is -3.56. The lowest BCUT2D eigenvalue weighted by Crippen LogP contribution is -2.51. The van der Waals surface area contributed by atoms with Crippen LogP contribution in [0.25, 0.3) is 0 Å². The number of quaternary nitrogens is 1. The second kappa shape index (κ2) is 11.1. The lowest BCUT2D eigenvalue weighted by molar-refractivity contribution is -0.887. The Morgan fingerprint density at radius 1 is 1.19 bits per heavy atom. The molecule has 174 valence electrons. The van der Waals surface area contributed by atoms with Gasteiger partial charge in [0.2, 0.25) is 5.91 Å². The molecule has 1 aromatic rings. The first-order valence-electron chi connectivity index (χ1n) is 9.19. The summed E-state index contributed by atoms with van der Waals surface area (Å²) in [4.78, 5) is 52.2. The zero-order valence-electron chi connectivity index (χ0n) is 17.4. The van der Waals surface area contributed by atoms with Gasteiger partial charge in [-0.1, -0.05) is 0 Å². The molecule has 1 rings (SSSR count). The highest BCUT2D eigenvalue weighted by molar-refractivity contribution is 7.91. The second-order valence-corrected chi connectivity index (χ2v) is 9.24. The zero-order chi connectivity index (χ0) is 23.9. The van der Waals surface area contributed by atoms with Gasteiger partial charge in [0.05, 0.1) is 33.3 Å². The summed E-state index contributed by atoms with van der Waals surface area (Å²) in [5.74, 6) is -4.96. The van der Waals surface area contributed by atoms with E-state index in [2.05, 4.69) is 15.3 Å². The molecule has 0 saturated heterocycles. The van der Waals surface area contributed by atoms with Crippen LogP contribution in [0, 0.1) is 0 Å². The van der Waals surface area contributed by atoms with E-state index >= 15 is 0 Å². The van der Waals surface area contributed by atoms with Crippen LogP contribution in [-0.4, -0.2) is 103 Å². The molecule has 0 spiro atoms. The molecular weight excluding hydrogens is 434 g/mol. The normalized spacial score (nSPS) is 15.5. The number of aromatic amines is 1. The molecule has 13 nitrogen and oxygen atoms in total. The van der Waals surface area contributed by atoms with Crippen LogP contribution in [0.2, 0.25) is 0 Å². The standard InChI is InChI=1S/C17H27N5O8S/c1-22(2,3)12(16(28)29)6-9-7-19-17(20-9)31(30)8-11(15(26)27)21-13(23)5-4-10(18)14(24)25/h7,10-12H,4-6,8,18H2,1-3H3,(H4-,19,20,21,23,24,25,26,27,28,29)/p+1/t10?,11?,12-,31?/m0/s1. The van der Waals surface area contributed by atoms with E-state index in [9.17, 15) is 33.9 Å². The molecule has 4 atom stereocenters. The molecule has 31 heavy (non-hydrogen) atoms. The first-order chi connectivity index (χ1) is 14.2. The van der Waals surface area contributed by atoms with Crippen LogP contribution in [0.3, 0.4) is 0 Å². The van der Waals surface area contributed by atoms with Gasteiger partial charge in [0, 0.05) is 23.8 Å². The number of carboxylic acid groups (broad SMARTS) is 3. The number of hydrogen-bond donors (Lipinski definition) is 6. The minimum Gasteiger partial charge on any atom is -0.609 e. The molecule has 0 fully saturated rings. The van der Waals surface area contributed by atoms with E-state index in [-0.39, 0.29) is 28.9 Å². The van der Waals surface area contributed by atoms with Crippen LogP contribution in [0.5, 0.6) is 0 Å². The third-order valence-corrected chi connectivity index (χ3v) is 5.67. The molecular formula is C17H28N5O8S+. The van der Waals surface area contributed by atoms with E-state index in [4.69, 9.17) is 10.8 Å². The number of nitrogens with two attached hydrogens (primary N) is 1. The molecule has 1 aromatic heterocycles. The summed E-state index contributed by atoms with van der Waals surface area (Å²) in [6.45, 7) is 0. The summed E-state index contributed by atoms with van der Waals surface area (Å²) in [5.41, 5.74) is 5.65. The van der Waals surface area contributed by atoms with Crippen LogP contribution in [0.15, 0.2) is 11.4 Å². The summed E-state index contributed by atoms with van der Waals surface area (Å²) in [6.07, 6.45) is 0.974. The molecule has 0 bridgehead atoms. The molecule has 14 heteroatoms. The van der Waals surface area contributed by atoms with Crippen molar-refractivity contribution in [3.63, 3.8) is 0 Å². The molecule has 0 saturated carbocycles. The Morgan fingerprint density at radius 3 is 2.29 bits per heavy atom. The van der Waals surface area contributed by atoms with E-state index in [1.807, 2.05) is 0 Å². The predicted molar refractivity (Wildman–Crippen MR) is 107 cm³/mol. The van der Waals surface area contributed by atoms with Crippen molar-refractivity contribution in [3.8, 4) is 0 Å². The number of likely N-dealkylation sites (N-methyl/N-ethyl adjacent to an activating group) is 1. The number of carbonyl (C=O) groups is 4. The van der Waals surface area contributed by atoms with Gasteiger partial charge < -0.3 is 40.4 Å².